The van der Waals surface area contributed by atoms with Crippen molar-refractivity contribution in [1.82, 2.24) is 0 Å². The van der Waals surface area contributed by atoms with Gasteiger partial charge in [0.05, 0.1) is 6.10 Å². The van der Waals surface area contributed by atoms with E-state index in [4.69, 9.17) is 4.74 Å². The van der Waals surface area contributed by atoms with Crippen LogP contribution in [0.5, 0.6) is 0 Å². The average molecular weight is 260 g/mol. The standard InChI is InChI=1S/C13H15F3O2/c1-8(13(14,15)16)18-11-7-6-9-4-2-3-5-10(9)12(11)17/h2-5,8,11-12,17H,6-7H2,1H3. The number of rotatable bonds is 2. The van der Waals surface area contributed by atoms with Crippen molar-refractivity contribution in [2.45, 2.75) is 44.3 Å². The molecule has 0 radical (unpaired) electrons. The Balaban J connectivity index is 2.10. The first-order valence-corrected chi connectivity index (χ1v) is 5.87. The highest BCUT2D eigenvalue weighted by Gasteiger charge is 2.40. The number of fused-ring (bicyclic) bond motifs is 1. The van der Waals surface area contributed by atoms with Crippen LogP contribution < -0.4 is 0 Å². The number of aliphatic hydroxyl groups excluding tert-OH is 1. The SMILES string of the molecule is CC(OC1CCc2ccccc2C1O)C(F)(F)F. The minimum atomic E-state index is -4.39. The molecule has 0 fully saturated rings. The molecular formula is C13H15F3O2. The summed E-state index contributed by atoms with van der Waals surface area (Å²) in [6.45, 7) is 0.966. The summed E-state index contributed by atoms with van der Waals surface area (Å²) in [6.07, 6.45) is -7.00. The highest BCUT2D eigenvalue weighted by atomic mass is 19.4. The Hall–Kier alpha value is -1.07. The number of alkyl halides is 3. The third-order valence-electron chi connectivity index (χ3n) is 3.26. The molecule has 1 aromatic carbocycles. The fourth-order valence-electron chi connectivity index (χ4n) is 2.19. The molecule has 0 saturated carbocycles. The lowest BCUT2D eigenvalue weighted by Crippen LogP contribution is -2.37. The quantitative estimate of drug-likeness (QED) is 0.885. The summed E-state index contributed by atoms with van der Waals surface area (Å²) in [5.41, 5.74) is 1.65. The first-order valence-electron chi connectivity index (χ1n) is 5.87. The van der Waals surface area contributed by atoms with E-state index < -0.39 is 24.5 Å². The Morgan fingerprint density at radius 2 is 2.00 bits per heavy atom. The van der Waals surface area contributed by atoms with Crippen LogP contribution in [0.4, 0.5) is 13.2 Å². The summed E-state index contributed by atoms with van der Waals surface area (Å²) in [4.78, 5) is 0. The van der Waals surface area contributed by atoms with Crippen LogP contribution in [-0.2, 0) is 11.2 Å². The maximum Gasteiger partial charge on any atom is 0.414 e. The molecule has 2 rings (SSSR count). The summed E-state index contributed by atoms with van der Waals surface area (Å²) >= 11 is 0. The second-order valence-electron chi connectivity index (χ2n) is 4.54. The molecule has 18 heavy (non-hydrogen) atoms. The van der Waals surface area contributed by atoms with Crippen LogP contribution in [0.15, 0.2) is 24.3 Å². The van der Waals surface area contributed by atoms with Gasteiger partial charge in [0.15, 0.2) is 6.10 Å². The number of aryl methyl sites for hydroxylation is 1. The van der Waals surface area contributed by atoms with Crippen molar-refractivity contribution in [3.63, 3.8) is 0 Å². The van der Waals surface area contributed by atoms with Crippen molar-refractivity contribution in [2.75, 3.05) is 0 Å². The Bertz CT molecular complexity index is 417. The van der Waals surface area contributed by atoms with E-state index in [-0.39, 0.29) is 0 Å². The van der Waals surface area contributed by atoms with Gasteiger partial charge in [0.25, 0.3) is 0 Å². The van der Waals surface area contributed by atoms with Crippen LogP contribution in [0, 0.1) is 0 Å². The Morgan fingerprint density at radius 3 is 2.67 bits per heavy atom. The molecule has 5 heteroatoms. The Labute approximate surface area is 103 Å². The van der Waals surface area contributed by atoms with Crippen molar-refractivity contribution in [1.29, 1.82) is 0 Å². The lowest BCUT2D eigenvalue weighted by atomic mass is 9.87. The second-order valence-corrected chi connectivity index (χ2v) is 4.54. The highest BCUT2D eigenvalue weighted by molar-refractivity contribution is 5.32. The zero-order chi connectivity index (χ0) is 13.3. The molecule has 0 aliphatic heterocycles. The van der Waals surface area contributed by atoms with E-state index in [1.165, 1.54) is 0 Å². The van der Waals surface area contributed by atoms with E-state index in [0.717, 1.165) is 12.5 Å². The molecule has 0 bridgehead atoms. The van der Waals surface area contributed by atoms with E-state index in [1.54, 1.807) is 12.1 Å². The van der Waals surface area contributed by atoms with Crippen LogP contribution in [0.3, 0.4) is 0 Å². The number of hydrogen-bond acceptors (Lipinski definition) is 2. The topological polar surface area (TPSA) is 29.5 Å². The van der Waals surface area contributed by atoms with E-state index in [2.05, 4.69) is 0 Å². The molecule has 0 amide bonds. The van der Waals surface area contributed by atoms with Gasteiger partial charge in [0, 0.05) is 0 Å². The van der Waals surface area contributed by atoms with Gasteiger partial charge in [-0.2, -0.15) is 13.2 Å². The van der Waals surface area contributed by atoms with Gasteiger partial charge >= 0.3 is 6.18 Å². The maximum atomic E-state index is 12.4. The predicted octanol–water partition coefficient (Wildman–Crippen LogP) is 3.00. The first kappa shape index (κ1) is 13.4. The summed E-state index contributed by atoms with van der Waals surface area (Å²) in [7, 11) is 0. The first-order chi connectivity index (χ1) is 8.39. The summed E-state index contributed by atoms with van der Waals surface area (Å²) in [5, 5.41) is 10.0. The van der Waals surface area contributed by atoms with Gasteiger partial charge in [0.2, 0.25) is 0 Å². The van der Waals surface area contributed by atoms with Crippen LogP contribution in [0.1, 0.15) is 30.6 Å². The van der Waals surface area contributed by atoms with Gasteiger partial charge in [-0.3, -0.25) is 0 Å². The van der Waals surface area contributed by atoms with Crippen LogP contribution in [0.2, 0.25) is 0 Å². The van der Waals surface area contributed by atoms with E-state index in [9.17, 15) is 18.3 Å². The molecule has 0 saturated heterocycles. The van der Waals surface area contributed by atoms with Crippen LogP contribution in [-0.4, -0.2) is 23.5 Å². The van der Waals surface area contributed by atoms with Gasteiger partial charge < -0.3 is 9.84 Å². The third kappa shape index (κ3) is 2.67. The van der Waals surface area contributed by atoms with Gasteiger partial charge in [-0.05, 0) is 30.9 Å². The van der Waals surface area contributed by atoms with Crippen molar-refractivity contribution >= 4 is 0 Å². The second kappa shape index (κ2) is 4.90. The lowest BCUT2D eigenvalue weighted by molar-refractivity contribution is -0.237. The molecule has 1 aromatic rings. The van der Waals surface area contributed by atoms with E-state index >= 15 is 0 Å². The third-order valence-corrected chi connectivity index (χ3v) is 3.26. The molecule has 100 valence electrons. The van der Waals surface area contributed by atoms with Crippen LogP contribution in [0.25, 0.3) is 0 Å². The molecule has 0 heterocycles. The zero-order valence-corrected chi connectivity index (χ0v) is 9.95. The van der Waals surface area contributed by atoms with Gasteiger partial charge in [-0.1, -0.05) is 24.3 Å². The number of halogens is 3. The Morgan fingerprint density at radius 1 is 1.33 bits per heavy atom. The van der Waals surface area contributed by atoms with Crippen molar-refractivity contribution in [2.24, 2.45) is 0 Å². The average Bonchev–Trinajstić information content (AvgIpc) is 2.32. The summed E-state index contributed by atoms with van der Waals surface area (Å²) in [6, 6.07) is 7.22. The lowest BCUT2D eigenvalue weighted by Gasteiger charge is -2.32. The molecule has 2 nitrogen and oxygen atoms in total. The minimum Gasteiger partial charge on any atom is -0.386 e. The van der Waals surface area contributed by atoms with Gasteiger partial charge in [0.1, 0.15) is 6.10 Å². The maximum absolute atomic E-state index is 12.4. The van der Waals surface area contributed by atoms with Crippen molar-refractivity contribution in [3.8, 4) is 0 Å². The fraction of sp³-hybridized carbons (Fsp3) is 0.538. The summed E-state index contributed by atoms with van der Waals surface area (Å²) < 4.78 is 42.2. The Kier molecular flexibility index (Phi) is 3.64. The molecular weight excluding hydrogens is 245 g/mol. The number of benzene rings is 1. The van der Waals surface area contributed by atoms with Crippen LogP contribution >= 0.6 is 0 Å². The molecule has 1 aliphatic carbocycles. The largest absolute Gasteiger partial charge is 0.414 e. The number of aliphatic hydroxyl groups is 1. The van der Waals surface area contributed by atoms with Crippen molar-refractivity contribution in [3.05, 3.63) is 35.4 Å². The van der Waals surface area contributed by atoms with Gasteiger partial charge in [-0.25, -0.2) is 0 Å². The highest BCUT2D eigenvalue weighted by Crippen LogP contribution is 2.34. The van der Waals surface area contributed by atoms with Crippen molar-refractivity contribution < 1.29 is 23.0 Å². The normalized spacial score (nSPS) is 25.6. The zero-order valence-electron chi connectivity index (χ0n) is 9.95. The molecule has 1 N–H and O–H groups in total. The predicted molar refractivity (Wildman–Crippen MR) is 60.1 cm³/mol. The minimum absolute atomic E-state index is 0.401. The molecule has 0 aromatic heterocycles. The van der Waals surface area contributed by atoms with Gasteiger partial charge in [-0.15, -0.1) is 0 Å². The molecule has 3 atom stereocenters. The monoisotopic (exact) mass is 260 g/mol. The fourth-order valence-corrected chi connectivity index (χ4v) is 2.19. The number of ether oxygens (including phenoxy) is 1. The smallest absolute Gasteiger partial charge is 0.386 e. The molecule has 1 aliphatic rings. The summed E-state index contributed by atoms with van der Waals surface area (Å²) in [5.74, 6) is 0. The molecule has 0 spiro atoms. The van der Waals surface area contributed by atoms with E-state index in [0.29, 0.717) is 18.4 Å². The number of hydrogen-bond donors (Lipinski definition) is 1. The van der Waals surface area contributed by atoms with E-state index in [1.807, 2.05) is 12.1 Å². The molecule has 3 unspecified atom stereocenters.